The van der Waals surface area contributed by atoms with E-state index in [1.807, 2.05) is 13.0 Å². The molecule has 2 aromatic heterocycles. The van der Waals surface area contributed by atoms with Gasteiger partial charge in [-0.2, -0.15) is 5.26 Å². The minimum absolute atomic E-state index is 0.234. The zero-order chi connectivity index (χ0) is 20.8. The van der Waals surface area contributed by atoms with E-state index < -0.39 is 6.09 Å². The van der Waals surface area contributed by atoms with Gasteiger partial charge in [-0.1, -0.05) is 32.0 Å². The zero-order valence-electron chi connectivity index (χ0n) is 16.6. The maximum atomic E-state index is 13.0. The first kappa shape index (κ1) is 20.5. The van der Waals surface area contributed by atoms with Gasteiger partial charge in [0, 0.05) is 18.7 Å². The lowest BCUT2D eigenvalue weighted by molar-refractivity contribution is 0.205. The molecule has 0 unspecified atom stereocenters. The van der Waals surface area contributed by atoms with E-state index in [0.29, 0.717) is 11.5 Å². The molecule has 0 saturated heterocycles. The van der Waals surface area contributed by atoms with Crippen LogP contribution in [-0.4, -0.2) is 16.1 Å². The number of hydrogen-bond acceptors (Lipinski definition) is 6. The Balaban J connectivity index is 1.93. The Morgan fingerprint density at radius 1 is 1.28 bits per heavy atom. The predicted octanol–water partition coefficient (Wildman–Crippen LogP) is 5.12. The summed E-state index contributed by atoms with van der Waals surface area (Å²) in [6.45, 7) is 6.43. The fraction of sp³-hybridized carbons (Fsp3) is 0.273. The third-order valence-electron chi connectivity index (χ3n) is 4.09. The average molecular weight is 407 g/mol. The second-order valence-corrected chi connectivity index (χ2v) is 8.09. The number of pyridine rings is 1. The first-order valence-electron chi connectivity index (χ1n) is 9.32. The van der Waals surface area contributed by atoms with Crippen molar-refractivity contribution in [2.45, 2.75) is 33.7 Å². The van der Waals surface area contributed by atoms with E-state index in [2.05, 4.69) is 29.9 Å². The van der Waals surface area contributed by atoms with Crippen LogP contribution >= 0.6 is 11.3 Å². The highest BCUT2D eigenvalue weighted by molar-refractivity contribution is 7.16. The third kappa shape index (κ3) is 5.39. The predicted molar refractivity (Wildman–Crippen MR) is 113 cm³/mol. The van der Waals surface area contributed by atoms with Crippen molar-refractivity contribution in [1.82, 2.24) is 9.97 Å². The summed E-state index contributed by atoms with van der Waals surface area (Å²) in [5, 5.41) is 10.9. The van der Waals surface area contributed by atoms with Crippen molar-refractivity contribution in [3.8, 4) is 11.9 Å². The van der Waals surface area contributed by atoms with Crippen molar-refractivity contribution >= 4 is 22.4 Å². The van der Waals surface area contributed by atoms with E-state index in [0.717, 1.165) is 27.7 Å². The Morgan fingerprint density at radius 2 is 2.10 bits per heavy atom. The lowest BCUT2D eigenvalue weighted by Crippen LogP contribution is -2.33. The molecule has 3 rings (SSSR count). The molecule has 7 heteroatoms. The monoisotopic (exact) mass is 406 g/mol. The number of amides is 1. The molecule has 0 aliphatic carbocycles. The molecule has 0 saturated carbocycles. The molecular weight excluding hydrogens is 384 g/mol. The summed E-state index contributed by atoms with van der Waals surface area (Å²) in [5.74, 6) is 0.701. The highest BCUT2D eigenvalue weighted by atomic mass is 32.1. The van der Waals surface area contributed by atoms with Crippen LogP contribution in [0.4, 0.5) is 9.80 Å². The van der Waals surface area contributed by atoms with Gasteiger partial charge in [-0.05, 0) is 36.6 Å². The normalized spacial score (nSPS) is 10.6. The molecule has 0 aliphatic heterocycles. The van der Waals surface area contributed by atoms with Gasteiger partial charge in [0.05, 0.1) is 28.9 Å². The van der Waals surface area contributed by atoms with E-state index in [1.165, 1.54) is 11.3 Å². The summed E-state index contributed by atoms with van der Waals surface area (Å²) in [6.07, 6.45) is 1.88. The fourth-order valence-electron chi connectivity index (χ4n) is 2.82. The molecule has 148 valence electrons. The van der Waals surface area contributed by atoms with Gasteiger partial charge in [0.1, 0.15) is 5.00 Å². The quantitative estimate of drug-likeness (QED) is 0.567. The summed E-state index contributed by atoms with van der Waals surface area (Å²) >= 11 is 1.49. The van der Waals surface area contributed by atoms with Crippen LogP contribution in [0.5, 0.6) is 5.88 Å². The van der Waals surface area contributed by atoms with Crippen LogP contribution in [0.1, 0.15) is 35.7 Å². The minimum Gasteiger partial charge on any atom is -0.391 e. The molecular formula is C22H22N4O2S. The van der Waals surface area contributed by atoms with Crippen LogP contribution in [0, 0.1) is 24.2 Å². The molecule has 1 amide bonds. The number of nitrogens with zero attached hydrogens (tertiary/aromatic N) is 4. The molecule has 0 atom stereocenters. The molecule has 0 aliphatic rings. The van der Waals surface area contributed by atoms with Gasteiger partial charge in [-0.15, -0.1) is 11.3 Å². The molecule has 0 radical (unpaired) electrons. The molecule has 1 aromatic carbocycles. The number of carbonyl (C=O) groups excluding carboxylic acids is 1. The van der Waals surface area contributed by atoms with Gasteiger partial charge in [0.2, 0.25) is 5.88 Å². The molecule has 0 fully saturated rings. The second kappa shape index (κ2) is 9.30. The average Bonchev–Trinajstić information content (AvgIpc) is 3.06. The van der Waals surface area contributed by atoms with Crippen LogP contribution < -0.4 is 9.64 Å². The van der Waals surface area contributed by atoms with Crippen LogP contribution in [0.3, 0.4) is 0 Å². The maximum Gasteiger partial charge on any atom is 0.422 e. The van der Waals surface area contributed by atoms with E-state index in [9.17, 15) is 10.1 Å². The third-order valence-corrected chi connectivity index (χ3v) is 5.29. The summed E-state index contributed by atoms with van der Waals surface area (Å²) < 4.78 is 5.49. The fourth-order valence-corrected chi connectivity index (χ4v) is 4.09. The molecule has 2 heterocycles. The smallest absolute Gasteiger partial charge is 0.391 e. The topological polar surface area (TPSA) is 79.1 Å². The van der Waals surface area contributed by atoms with Gasteiger partial charge in [-0.3, -0.25) is 4.90 Å². The van der Waals surface area contributed by atoms with Gasteiger partial charge in [-0.25, -0.2) is 14.8 Å². The SMILES string of the molecule is Cc1nc(CC(C)C)sc1N(Cc1cccc(C#N)c1)C(=O)Oc1ccccn1. The van der Waals surface area contributed by atoms with Crippen molar-refractivity contribution in [2.75, 3.05) is 4.90 Å². The Bertz CT molecular complexity index is 1020. The first-order valence-corrected chi connectivity index (χ1v) is 10.1. The van der Waals surface area contributed by atoms with E-state index in [1.54, 1.807) is 47.5 Å². The van der Waals surface area contributed by atoms with Crippen LogP contribution in [0.25, 0.3) is 0 Å². The number of anilines is 1. The number of rotatable bonds is 6. The molecule has 0 N–H and O–H groups in total. The number of hydrogen-bond donors (Lipinski definition) is 0. The Morgan fingerprint density at radius 3 is 2.79 bits per heavy atom. The van der Waals surface area contributed by atoms with Gasteiger partial charge in [0.25, 0.3) is 0 Å². The number of carbonyl (C=O) groups is 1. The number of nitriles is 1. The summed E-state index contributed by atoms with van der Waals surface area (Å²) in [6, 6.07) is 14.5. The summed E-state index contributed by atoms with van der Waals surface area (Å²) in [5.41, 5.74) is 2.15. The van der Waals surface area contributed by atoms with Crippen molar-refractivity contribution in [3.05, 3.63) is 70.5 Å². The van der Waals surface area contributed by atoms with Crippen LogP contribution in [-0.2, 0) is 13.0 Å². The second-order valence-electron chi connectivity index (χ2n) is 7.03. The highest BCUT2D eigenvalue weighted by Crippen LogP contribution is 2.31. The van der Waals surface area contributed by atoms with Crippen molar-refractivity contribution in [3.63, 3.8) is 0 Å². The number of aromatic nitrogens is 2. The minimum atomic E-state index is -0.533. The number of thiazole rings is 1. The molecule has 6 nitrogen and oxygen atoms in total. The van der Waals surface area contributed by atoms with Crippen molar-refractivity contribution < 1.29 is 9.53 Å². The standard InChI is InChI=1S/C22H22N4O2S/c1-15(2)11-20-25-16(3)21(29-20)26(14-18-8-6-7-17(12-18)13-23)22(27)28-19-9-4-5-10-24-19/h4-10,12,15H,11,14H2,1-3H3. The van der Waals surface area contributed by atoms with Crippen molar-refractivity contribution in [1.29, 1.82) is 5.26 Å². The van der Waals surface area contributed by atoms with E-state index in [4.69, 9.17) is 4.74 Å². The van der Waals surface area contributed by atoms with E-state index >= 15 is 0 Å². The molecule has 0 spiro atoms. The van der Waals surface area contributed by atoms with Gasteiger partial charge in [0.15, 0.2) is 0 Å². The van der Waals surface area contributed by atoms with Gasteiger partial charge < -0.3 is 4.74 Å². The summed E-state index contributed by atoms with van der Waals surface area (Å²) in [7, 11) is 0. The Labute approximate surface area is 174 Å². The van der Waals surface area contributed by atoms with Crippen molar-refractivity contribution in [2.24, 2.45) is 5.92 Å². The lowest BCUT2D eigenvalue weighted by atomic mass is 10.1. The summed E-state index contributed by atoms with van der Waals surface area (Å²) in [4.78, 5) is 23.3. The van der Waals surface area contributed by atoms with Crippen LogP contribution in [0.2, 0.25) is 0 Å². The highest BCUT2D eigenvalue weighted by Gasteiger charge is 2.24. The maximum absolute atomic E-state index is 13.0. The number of ether oxygens (including phenoxy) is 1. The molecule has 29 heavy (non-hydrogen) atoms. The zero-order valence-corrected chi connectivity index (χ0v) is 17.4. The van der Waals surface area contributed by atoms with E-state index in [-0.39, 0.29) is 12.4 Å². The lowest BCUT2D eigenvalue weighted by Gasteiger charge is -2.21. The number of benzene rings is 1. The van der Waals surface area contributed by atoms with Crippen LogP contribution in [0.15, 0.2) is 48.7 Å². The Hall–Kier alpha value is -3.24. The Kier molecular flexibility index (Phi) is 6.57. The molecule has 0 bridgehead atoms. The van der Waals surface area contributed by atoms with Gasteiger partial charge >= 0.3 is 6.09 Å². The number of aryl methyl sites for hydroxylation is 1. The largest absolute Gasteiger partial charge is 0.422 e. The molecule has 3 aromatic rings. The first-order chi connectivity index (χ1) is 14.0.